The molecule has 1 aliphatic heterocycles. The second kappa shape index (κ2) is 8.28. The van der Waals surface area contributed by atoms with Crippen LogP contribution in [0, 0.1) is 0 Å². The van der Waals surface area contributed by atoms with E-state index in [0.29, 0.717) is 6.10 Å². The van der Waals surface area contributed by atoms with E-state index in [4.69, 9.17) is 4.74 Å². The molecule has 1 aliphatic rings. The molecule has 0 spiro atoms. The van der Waals surface area contributed by atoms with Gasteiger partial charge in [-0.3, -0.25) is 4.79 Å². The Kier molecular flexibility index (Phi) is 6.05. The Hall–Kier alpha value is -1.78. The minimum atomic E-state index is -0.0658. The smallest absolute Gasteiger partial charge is 0.256 e. The van der Waals surface area contributed by atoms with Gasteiger partial charge in [0.15, 0.2) is 0 Å². The van der Waals surface area contributed by atoms with E-state index < -0.39 is 0 Å². The Balaban J connectivity index is 1.67. The monoisotopic (exact) mass is 369 g/mol. The van der Waals surface area contributed by atoms with Gasteiger partial charge in [0, 0.05) is 22.9 Å². The first kappa shape index (κ1) is 19.0. The molecule has 138 valence electrons. The average Bonchev–Trinajstić information content (AvgIpc) is 3.13. The van der Waals surface area contributed by atoms with Gasteiger partial charge < -0.3 is 10.1 Å². The predicted molar refractivity (Wildman–Crippen MR) is 109 cm³/mol. The molecule has 26 heavy (non-hydrogen) atoms. The van der Waals surface area contributed by atoms with Crippen molar-refractivity contribution in [2.75, 3.05) is 17.7 Å². The highest BCUT2D eigenvalue weighted by Crippen LogP contribution is 2.28. The third kappa shape index (κ3) is 4.89. The summed E-state index contributed by atoms with van der Waals surface area (Å²) in [6, 6.07) is 15.9. The molecule has 1 saturated heterocycles. The van der Waals surface area contributed by atoms with Gasteiger partial charge in [0.25, 0.3) is 5.91 Å². The van der Waals surface area contributed by atoms with Gasteiger partial charge in [-0.15, -0.1) is 11.8 Å². The van der Waals surface area contributed by atoms with Crippen molar-refractivity contribution in [3.05, 3.63) is 59.7 Å². The summed E-state index contributed by atoms with van der Waals surface area (Å²) in [6.07, 6.45) is 2.56. The van der Waals surface area contributed by atoms with Crippen LogP contribution in [0.15, 0.2) is 53.4 Å². The number of ether oxygens (including phenoxy) is 1. The van der Waals surface area contributed by atoms with Crippen LogP contribution in [0.3, 0.4) is 0 Å². The normalized spacial score (nSPS) is 17.3. The highest BCUT2D eigenvalue weighted by molar-refractivity contribution is 7.99. The van der Waals surface area contributed by atoms with Gasteiger partial charge >= 0.3 is 0 Å². The number of carbonyl (C=O) groups is 1. The lowest BCUT2D eigenvalue weighted by atomic mass is 9.87. The molecule has 0 saturated carbocycles. The van der Waals surface area contributed by atoms with Crippen LogP contribution in [0.2, 0.25) is 0 Å². The number of amides is 1. The number of hydrogen-bond donors (Lipinski definition) is 1. The fourth-order valence-corrected chi connectivity index (χ4v) is 4.11. The molecule has 2 aromatic carbocycles. The first-order valence-electron chi connectivity index (χ1n) is 9.19. The fraction of sp³-hybridized carbons (Fsp3) is 0.409. The first-order chi connectivity index (χ1) is 12.4. The summed E-state index contributed by atoms with van der Waals surface area (Å²) in [7, 11) is 0. The Morgan fingerprint density at radius 2 is 1.88 bits per heavy atom. The molecule has 3 nitrogen and oxygen atoms in total. The molecule has 0 aliphatic carbocycles. The number of nitrogens with one attached hydrogen (secondary N) is 1. The summed E-state index contributed by atoms with van der Waals surface area (Å²) in [5, 5.41) is 3.02. The van der Waals surface area contributed by atoms with Crippen LogP contribution >= 0.6 is 11.8 Å². The largest absolute Gasteiger partial charge is 0.377 e. The second-order valence-corrected chi connectivity index (χ2v) is 8.79. The van der Waals surface area contributed by atoms with Gasteiger partial charge in [-0.05, 0) is 48.1 Å². The summed E-state index contributed by atoms with van der Waals surface area (Å²) in [6.45, 7) is 7.41. The van der Waals surface area contributed by atoms with Crippen LogP contribution in [-0.2, 0) is 10.2 Å². The SMILES string of the molecule is CC(C)(C)c1ccc(NC(=O)c2ccccc2SCC2CCCO2)cc1. The van der Waals surface area contributed by atoms with Crippen LogP contribution in [-0.4, -0.2) is 24.4 Å². The van der Waals surface area contributed by atoms with Crippen molar-refractivity contribution >= 4 is 23.4 Å². The van der Waals surface area contributed by atoms with E-state index in [2.05, 4.69) is 38.2 Å². The van der Waals surface area contributed by atoms with E-state index in [1.54, 1.807) is 11.8 Å². The maximum Gasteiger partial charge on any atom is 0.256 e. The van der Waals surface area contributed by atoms with Gasteiger partial charge in [0.05, 0.1) is 11.7 Å². The maximum absolute atomic E-state index is 12.8. The summed E-state index contributed by atoms with van der Waals surface area (Å²) in [5.74, 6) is 0.828. The number of carbonyl (C=O) groups excluding carboxylic acids is 1. The van der Waals surface area contributed by atoms with Crippen molar-refractivity contribution in [1.82, 2.24) is 0 Å². The van der Waals surface area contributed by atoms with E-state index >= 15 is 0 Å². The van der Waals surface area contributed by atoms with Gasteiger partial charge in [0.2, 0.25) is 0 Å². The highest BCUT2D eigenvalue weighted by Gasteiger charge is 2.18. The van der Waals surface area contributed by atoms with Crippen LogP contribution < -0.4 is 5.32 Å². The van der Waals surface area contributed by atoms with Crippen molar-refractivity contribution in [1.29, 1.82) is 0 Å². The van der Waals surface area contributed by atoms with Crippen LogP contribution in [0.1, 0.15) is 49.5 Å². The van der Waals surface area contributed by atoms with Gasteiger partial charge in [-0.2, -0.15) is 0 Å². The molecule has 4 heteroatoms. The summed E-state index contributed by atoms with van der Waals surface area (Å²) < 4.78 is 5.69. The predicted octanol–water partition coefficient (Wildman–Crippen LogP) is 5.51. The average molecular weight is 370 g/mol. The molecule has 1 heterocycles. The summed E-state index contributed by atoms with van der Waals surface area (Å²) in [5.41, 5.74) is 2.90. The van der Waals surface area contributed by atoms with Crippen molar-refractivity contribution in [3.63, 3.8) is 0 Å². The molecular formula is C22H27NO2S. The third-order valence-corrected chi connectivity index (χ3v) is 5.79. The molecule has 1 unspecified atom stereocenters. The lowest BCUT2D eigenvalue weighted by Crippen LogP contribution is -2.15. The van der Waals surface area contributed by atoms with Crippen LogP contribution in [0.5, 0.6) is 0 Å². The second-order valence-electron chi connectivity index (χ2n) is 7.72. The first-order valence-corrected chi connectivity index (χ1v) is 10.2. The summed E-state index contributed by atoms with van der Waals surface area (Å²) in [4.78, 5) is 13.8. The number of benzene rings is 2. The van der Waals surface area contributed by atoms with Crippen molar-refractivity contribution in [2.24, 2.45) is 0 Å². The van der Waals surface area contributed by atoms with Crippen LogP contribution in [0.25, 0.3) is 0 Å². The van der Waals surface area contributed by atoms with E-state index in [9.17, 15) is 4.79 Å². The van der Waals surface area contributed by atoms with E-state index in [0.717, 1.165) is 41.3 Å². The highest BCUT2D eigenvalue weighted by atomic mass is 32.2. The molecular weight excluding hydrogens is 342 g/mol. The molecule has 1 N–H and O–H groups in total. The van der Waals surface area contributed by atoms with Crippen molar-refractivity contribution in [3.8, 4) is 0 Å². The van der Waals surface area contributed by atoms with Crippen LogP contribution in [0.4, 0.5) is 5.69 Å². The zero-order valence-corrected chi connectivity index (χ0v) is 16.6. The standard InChI is InChI=1S/C22H27NO2S/c1-22(2,3)16-10-12-17(13-11-16)23-21(24)19-8-4-5-9-20(19)26-15-18-7-6-14-25-18/h4-5,8-13,18H,6-7,14-15H2,1-3H3,(H,23,24). The topological polar surface area (TPSA) is 38.3 Å². The quantitative estimate of drug-likeness (QED) is 0.707. The Morgan fingerprint density at radius 3 is 2.54 bits per heavy atom. The Labute approximate surface area is 160 Å². The summed E-state index contributed by atoms with van der Waals surface area (Å²) >= 11 is 1.70. The van der Waals surface area contributed by atoms with Gasteiger partial charge in [0.1, 0.15) is 0 Å². The number of rotatable bonds is 5. The van der Waals surface area contributed by atoms with E-state index in [-0.39, 0.29) is 11.3 Å². The molecule has 1 fully saturated rings. The Bertz CT molecular complexity index is 743. The molecule has 3 rings (SSSR count). The number of thioether (sulfide) groups is 1. The Morgan fingerprint density at radius 1 is 1.15 bits per heavy atom. The molecule has 0 radical (unpaired) electrons. The van der Waals surface area contributed by atoms with Crippen molar-refractivity contribution in [2.45, 2.75) is 50.0 Å². The molecule has 2 aromatic rings. The maximum atomic E-state index is 12.8. The van der Waals surface area contributed by atoms with E-state index in [1.165, 1.54) is 5.56 Å². The molecule has 1 atom stereocenters. The van der Waals surface area contributed by atoms with Gasteiger partial charge in [-0.25, -0.2) is 0 Å². The van der Waals surface area contributed by atoms with Crippen molar-refractivity contribution < 1.29 is 9.53 Å². The number of hydrogen-bond acceptors (Lipinski definition) is 3. The molecule has 1 amide bonds. The minimum Gasteiger partial charge on any atom is -0.377 e. The zero-order valence-electron chi connectivity index (χ0n) is 15.7. The molecule has 0 bridgehead atoms. The fourth-order valence-electron chi connectivity index (χ4n) is 2.99. The zero-order chi connectivity index (χ0) is 18.6. The molecule has 0 aromatic heterocycles. The lowest BCUT2D eigenvalue weighted by Gasteiger charge is -2.19. The minimum absolute atomic E-state index is 0.0658. The number of anilines is 1. The van der Waals surface area contributed by atoms with Gasteiger partial charge in [-0.1, -0.05) is 45.0 Å². The van der Waals surface area contributed by atoms with E-state index in [1.807, 2.05) is 36.4 Å². The lowest BCUT2D eigenvalue weighted by molar-refractivity contribution is 0.102. The third-order valence-electron chi connectivity index (χ3n) is 4.59.